The third kappa shape index (κ3) is 5.82. The first-order valence-electron chi connectivity index (χ1n) is 12.7. The van der Waals surface area contributed by atoms with Gasteiger partial charge in [0.15, 0.2) is 0 Å². The lowest BCUT2D eigenvalue weighted by molar-refractivity contribution is -0.137. The van der Waals surface area contributed by atoms with E-state index in [0.29, 0.717) is 37.8 Å². The largest absolute Gasteiger partial charge is 0.497 e. The van der Waals surface area contributed by atoms with Crippen LogP contribution < -0.4 is 15.7 Å². The molecule has 0 saturated carbocycles. The summed E-state index contributed by atoms with van der Waals surface area (Å²) in [5.74, 6) is -0.400. The van der Waals surface area contributed by atoms with Gasteiger partial charge < -0.3 is 15.0 Å². The number of carbonyl (C=O) groups is 2. The number of hydrogen-bond acceptors (Lipinski definition) is 4. The maximum Gasteiger partial charge on any atom is 0.416 e. The van der Waals surface area contributed by atoms with Crippen molar-refractivity contribution in [3.05, 3.63) is 115 Å². The molecule has 1 aliphatic rings. The van der Waals surface area contributed by atoms with Crippen LogP contribution in [-0.2, 0) is 25.8 Å². The zero-order chi connectivity index (χ0) is 30.2. The fourth-order valence-corrected chi connectivity index (χ4v) is 5.15. The lowest BCUT2D eigenvalue weighted by Crippen LogP contribution is -2.41. The normalized spacial score (nSPS) is 13.0. The molecule has 2 amide bonds. The minimum Gasteiger partial charge on any atom is -0.497 e. The Morgan fingerprint density at radius 3 is 2.33 bits per heavy atom. The molecule has 5 rings (SSSR count). The first kappa shape index (κ1) is 29.5. The number of nitrogens with one attached hydrogen (secondary N) is 1. The highest BCUT2D eigenvalue weighted by atomic mass is 79.9. The summed E-state index contributed by atoms with van der Waals surface area (Å²) in [5, 5.41) is 3.08. The molecule has 1 aliphatic heterocycles. The quantitative estimate of drug-likeness (QED) is 0.288. The second-order valence-corrected chi connectivity index (χ2v) is 10.8. The van der Waals surface area contributed by atoms with Crippen LogP contribution in [0.3, 0.4) is 0 Å². The van der Waals surface area contributed by atoms with Crippen molar-refractivity contribution < 1.29 is 27.5 Å². The number of methoxy groups -OCH3 is 1. The molecule has 1 N–H and O–H groups in total. The SMILES string of the molecule is COc1ccc(-n2c(C(=O)NCc3ccc(C(F)(F)F)cc3)c3n(c2=O)CCN(C(=O)c2ccc(Br)c(Cl)c2)C3)cc1. The predicted molar refractivity (Wildman–Crippen MR) is 153 cm³/mol. The number of carbonyl (C=O) groups excluding carboxylic acids is 2. The molecule has 0 atom stereocenters. The summed E-state index contributed by atoms with van der Waals surface area (Å²) in [6.45, 7) is 0.248. The van der Waals surface area contributed by atoms with Gasteiger partial charge in [-0.15, -0.1) is 0 Å². The van der Waals surface area contributed by atoms with Gasteiger partial charge in [-0.2, -0.15) is 13.2 Å². The Kier molecular flexibility index (Phi) is 8.20. The van der Waals surface area contributed by atoms with E-state index in [9.17, 15) is 27.6 Å². The summed E-state index contributed by atoms with van der Waals surface area (Å²) in [7, 11) is 1.50. The Hall–Kier alpha value is -4.03. The fourth-order valence-electron chi connectivity index (χ4n) is 4.73. The first-order valence-corrected chi connectivity index (χ1v) is 13.8. The number of nitrogens with zero attached hydrogens (tertiary/aromatic N) is 3. The summed E-state index contributed by atoms with van der Waals surface area (Å²) >= 11 is 9.50. The maximum absolute atomic E-state index is 13.7. The van der Waals surface area contributed by atoms with E-state index in [2.05, 4.69) is 21.2 Å². The van der Waals surface area contributed by atoms with Gasteiger partial charge in [-0.25, -0.2) is 4.79 Å². The van der Waals surface area contributed by atoms with Gasteiger partial charge in [0.25, 0.3) is 11.8 Å². The number of imidazole rings is 1. The number of benzene rings is 3. The summed E-state index contributed by atoms with van der Waals surface area (Å²) in [6, 6.07) is 15.8. The first-order chi connectivity index (χ1) is 20.0. The van der Waals surface area contributed by atoms with Gasteiger partial charge in [0.1, 0.15) is 11.4 Å². The molecule has 0 radical (unpaired) electrons. The number of amides is 2. The van der Waals surface area contributed by atoms with E-state index in [1.165, 1.54) is 39.3 Å². The van der Waals surface area contributed by atoms with E-state index in [1.807, 2.05) is 0 Å². The van der Waals surface area contributed by atoms with E-state index in [0.717, 1.165) is 12.1 Å². The number of alkyl halides is 3. The van der Waals surface area contributed by atoms with Crippen molar-refractivity contribution in [3.63, 3.8) is 0 Å². The van der Waals surface area contributed by atoms with Crippen LogP contribution in [0.2, 0.25) is 5.02 Å². The van der Waals surface area contributed by atoms with Crippen LogP contribution in [0.5, 0.6) is 5.75 Å². The number of fused-ring (bicyclic) bond motifs is 1. The lowest BCUT2D eigenvalue weighted by atomic mass is 10.1. The van der Waals surface area contributed by atoms with Crippen molar-refractivity contribution in [2.75, 3.05) is 13.7 Å². The van der Waals surface area contributed by atoms with Crippen LogP contribution >= 0.6 is 27.5 Å². The van der Waals surface area contributed by atoms with Crippen molar-refractivity contribution in [1.82, 2.24) is 19.4 Å². The van der Waals surface area contributed by atoms with Crippen molar-refractivity contribution >= 4 is 39.3 Å². The molecule has 0 saturated heterocycles. The molecule has 4 aromatic rings. The van der Waals surface area contributed by atoms with E-state index in [-0.39, 0.29) is 37.8 Å². The summed E-state index contributed by atoms with van der Waals surface area (Å²) in [4.78, 5) is 42.2. The van der Waals surface area contributed by atoms with Crippen LogP contribution in [0.25, 0.3) is 5.69 Å². The molecular weight excluding hydrogens is 641 g/mol. The summed E-state index contributed by atoms with van der Waals surface area (Å²) < 4.78 is 47.4. The third-order valence-electron chi connectivity index (χ3n) is 6.91. The molecule has 2 heterocycles. The monoisotopic (exact) mass is 662 g/mol. The number of halogens is 5. The Morgan fingerprint density at radius 2 is 1.71 bits per heavy atom. The van der Waals surface area contributed by atoms with Gasteiger partial charge >= 0.3 is 11.9 Å². The van der Waals surface area contributed by atoms with E-state index < -0.39 is 23.3 Å². The van der Waals surface area contributed by atoms with Crippen LogP contribution in [-0.4, -0.2) is 39.5 Å². The molecule has 218 valence electrons. The Balaban J connectivity index is 1.49. The topological polar surface area (TPSA) is 85.6 Å². The highest BCUT2D eigenvalue weighted by Crippen LogP contribution is 2.29. The van der Waals surface area contributed by atoms with Crippen LogP contribution in [0.1, 0.15) is 37.7 Å². The summed E-state index contributed by atoms with van der Waals surface area (Å²) in [5.41, 5.74) is 0.262. The second-order valence-electron chi connectivity index (χ2n) is 9.50. The lowest BCUT2D eigenvalue weighted by Gasteiger charge is -2.28. The van der Waals surface area contributed by atoms with Gasteiger partial charge in [-0.05, 0) is 76.1 Å². The second kappa shape index (κ2) is 11.7. The van der Waals surface area contributed by atoms with Gasteiger partial charge in [0.05, 0.1) is 35.6 Å². The molecule has 42 heavy (non-hydrogen) atoms. The zero-order valence-electron chi connectivity index (χ0n) is 22.0. The molecule has 0 unspecified atom stereocenters. The molecule has 3 aromatic carbocycles. The number of hydrogen-bond donors (Lipinski definition) is 1. The zero-order valence-corrected chi connectivity index (χ0v) is 24.4. The minimum absolute atomic E-state index is 0.0171. The molecule has 13 heteroatoms. The van der Waals surface area contributed by atoms with Gasteiger partial charge in [0, 0.05) is 29.7 Å². The van der Waals surface area contributed by atoms with Gasteiger partial charge in [-0.3, -0.25) is 18.7 Å². The summed E-state index contributed by atoms with van der Waals surface area (Å²) in [6.07, 6.45) is -4.48. The smallest absolute Gasteiger partial charge is 0.416 e. The third-order valence-corrected chi connectivity index (χ3v) is 8.15. The van der Waals surface area contributed by atoms with Crippen LogP contribution in [0.15, 0.2) is 76.0 Å². The number of rotatable bonds is 6. The van der Waals surface area contributed by atoms with E-state index in [4.69, 9.17) is 16.3 Å². The Bertz CT molecular complexity index is 1720. The highest BCUT2D eigenvalue weighted by molar-refractivity contribution is 9.10. The molecular formula is C29H23BrClF3N4O4. The average Bonchev–Trinajstić information content (AvgIpc) is 3.28. The molecule has 0 fully saturated rings. The van der Waals surface area contributed by atoms with E-state index in [1.54, 1.807) is 36.4 Å². The molecule has 0 spiro atoms. The molecule has 1 aromatic heterocycles. The maximum atomic E-state index is 13.7. The van der Waals surface area contributed by atoms with Crippen LogP contribution in [0.4, 0.5) is 13.2 Å². The Morgan fingerprint density at radius 1 is 1.02 bits per heavy atom. The van der Waals surface area contributed by atoms with Crippen molar-refractivity contribution in [2.24, 2.45) is 0 Å². The molecule has 0 bridgehead atoms. The standard InChI is InChI=1S/C29H23BrClF3N4O4/c1-42-21-9-7-20(8-10-21)38-25(26(39)35-15-17-2-5-19(6-3-17)29(32,33)34)24-16-36(12-13-37(24)28(38)41)27(40)18-4-11-22(30)23(31)14-18/h2-11,14H,12-13,15-16H2,1H3,(H,35,39). The van der Waals surface area contributed by atoms with E-state index >= 15 is 0 Å². The van der Waals surface area contributed by atoms with Crippen molar-refractivity contribution in [2.45, 2.75) is 25.8 Å². The highest BCUT2D eigenvalue weighted by Gasteiger charge is 2.33. The molecule has 8 nitrogen and oxygen atoms in total. The van der Waals surface area contributed by atoms with Crippen LogP contribution in [0, 0.1) is 0 Å². The average molecular weight is 664 g/mol. The number of ether oxygens (including phenoxy) is 1. The Labute approximate surface area is 251 Å². The minimum atomic E-state index is -4.48. The van der Waals surface area contributed by atoms with Crippen molar-refractivity contribution in [3.8, 4) is 11.4 Å². The predicted octanol–water partition coefficient (Wildman–Crippen LogP) is 5.67. The number of aromatic nitrogens is 2. The van der Waals surface area contributed by atoms with Gasteiger partial charge in [-0.1, -0.05) is 23.7 Å². The fraction of sp³-hybridized carbons (Fsp3) is 0.207. The van der Waals surface area contributed by atoms with Crippen molar-refractivity contribution in [1.29, 1.82) is 0 Å². The molecule has 0 aliphatic carbocycles. The van der Waals surface area contributed by atoms with Gasteiger partial charge in [0.2, 0.25) is 0 Å².